The molecule has 3 aliphatic heterocycles. The van der Waals surface area contributed by atoms with E-state index in [2.05, 4.69) is 15.5 Å². The molecule has 3 fully saturated rings. The molecule has 1 saturated carbocycles. The van der Waals surface area contributed by atoms with Gasteiger partial charge in [-0.3, -0.25) is 19.2 Å². The molecule has 2 bridgehead atoms. The second-order valence-corrected chi connectivity index (χ2v) is 20.4. The van der Waals surface area contributed by atoms with Crippen LogP contribution in [0.1, 0.15) is 132 Å². The highest BCUT2D eigenvalue weighted by Gasteiger charge is 2.53. The minimum atomic E-state index is -2.43. The maximum atomic E-state index is 14.5. The lowest BCUT2D eigenvalue weighted by molar-refractivity contribution is -0.265. The van der Waals surface area contributed by atoms with Crippen molar-refractivity contribution in [2.24, 2.45) is 35.5 Å². The van der Waals surface area contributed by atoms with Crippen molar-refractivity contribution in [3.63, 3.8) is 0 Å². The first-order chi connectivity index (χ1) is 32.8. The van der Waals surface area contributed by atoms with Crippen molar-refractivity contribution in [3.05, 3.63) is 53.9 Å². The van der Waals surface area contributed by atoms with E-state index < -0.39 is 77.8 Å². The number of cyclic esters (lactones) is 1. The SMILES string of the molecule is CO[C@@H]1C(=O)[C@@H](C)C[C@@H](C)C=CC=CC=C(C)[C@H](OC)C[C@H]2CC[C@H](C)[C@@](O)(O2)C(=O)C(=O)N2CCCC[C@@H]2C(=O)O[C@H]([C@H](C)C[C@@H]2CC[C@H](n3cnnn3)[C@H](OC)C2)CC(=O)[C@H](C)C=C(C)[C@@H]1O. The number of methoxy groups -OCH3 is 3. The molecule has 69 heavy (non-hydrogen) atoms. The van der Waals surface area contributed by atoms with Gasteiger partial charge in [-0.1, -0.05) is 71.1 Å². The number of aromatic nitrogens is 4. The van der Waals surface area contributed by atoms with Crippen molar-refractivity contribution >= 4 is 29.2 Å². The number of hydrogen-bond acceptors (Lipinski definition) is 15. The number of aliphatic hydroxyl groups excluding tert-OH is 1. The molecule has 0 radical (unpaired) electrons. The van der Waals surface area contributed by atoms with Crippen LogP contribution in [-0.4, -0.2) is 141 Å². The number of aliphatic hydroxyl groups is 2. The lowest BCUT2D eigenvalue weighted by Crippen LogP contribution is -2.61. The second kappa shape index (κ2) is 25.7. The summed E-state index contributed by atoms with van der Waals surface area (Å²) in [7, 11) is 4.62. The third kappa shape index (κ3) is 14.2. The number of ketones is 3. The van der Waals surface area contributed by atoms with E-state index in [4.69, 9.17) is 23.7 Å². The summed E-state index contributed by atoms with van der Waals surface area (Å²) in [5.41, 5.74) is 1.27. The van der Waals surface area contributed by atoms with Crippen LogP contribution >= 0.6 is 0 Å². The Morgan fingerprint density at radius 1 is 0.884 bits per heavy atom. The van der Waals surface area contributed by atoms with Gasteiger partial charge in [-0.25, -0.2) is 9.48 Å². The Morgan fingerprint density at radius 3 is 2.32 bits per heavy atom. The number of Topliss-reactive ketones (excluding diaryl/α,β-unsaturated/α-hetero) is 3. The summed E-state index contributed by atoms with van der Waals surface area (Å²) >= 11 is 0. The highest BCUT2D eigenvalue weighted by atomic mass is 16.6. The number of ether oxygens (including phenoxy) is 5. The maximum absolute atomic E-state index is 14.5. The van der Waals surface area contributed by atoms with E-state index in [1.807, 2.05) is 58.1 Å². The maximum Gasteiger partial charge on any atom is 0.329 e. The van der Waals surface area contributed by atoms with Crippen LogP contribution in [0.4, 0.5) is 0 Å². The van der Waals surface area contributed by atoms with E-state index in [0.29, 0.717) is 56.9 Å². The lowest BCUT2D eigenvalue weighted by atomic mass is 9.77. The molecular formula is C52H79N5O12. The molecule has 384 valence electrons. The number of piperidine rings is 1. The van der Waals surface area contributed by atoms with Crippen molar-refractivity contribution in [1.82, 2.24) is 25.1 Å². The number of esters is 1. The van der Waals surface area contributed by atoms with E-state index in [1.165, 1.54) is 12.0 Å². The number of allylic oxidation sites excluding steroid dienone is 6. The number of carbonyl (C=O) groups excluding carboxylic acids is 5. The molecule has 0 spiro atoms. The van der Waals surface area contributed by atoms with Crippen molar-refractivity contribution in [2.45, 2.75) is 180 Å². The number of nitrogens with zero attached hydrogens (tertiary/aromatic N) is 5. The van der Waals surface area contributed by atoms with Crippen LogP contribution in [-0.2, 0) is 47.7 Å². The van der Waals surface area contributed by atoms with E-state index in [-0.39, 0.29) is 60.9 Å². The van der Waals surface area contributed by atoms with Gasteiger partial charge in [0, 0.05) is 58.5 Å². The summed E-state index contributed by atoms with van der Waals surface area (Å²) in [5, 5.41) is 35.2. The Bertz CT molecular complexity index is 2020. The van der Waals surface area contributed by atoms with Crippen molar-refractivity contribution in [2.75, 3.05) is 27.9 Å². The van der Waals surface area contributed by atoms with Gasteiger partial charge in [-0.05, 0) is 117 Å². The molecule has 4 heterocycles. The summed E-state index contributed by atoms with van der Waals surface area (Å²) in [6, 6.07) is -1.19. The minimum Gasteiger partial charge on any atom is -0.460 e. The van der Waals surface area contributed by atoms with Gasteiger partial charge in [-0.2, -0.15) is 0 Å². The Kier molecular flexibility index (Phi) is 20.8. The van der Waals surface area contributed by atoms with Crippen LogP contribution in [0.2, 0.25) is 0 Å². The molecule has 5 rings (SSSR count). The minimum absolute atomic E-state index is 0.0170. The number of rotatable bonds is 7. The molecule has 1 amide bonds. The van der Waals surface area contributed by atoms with Crippen LogP contribution in [0.25, 0.3) is 0 Å². The first-order valence-electron chi connectivity index (χ1n) is 25.0. The van der Waals surface area contributed by atoms with Crippen molar-refractivity contribution in [1.29, 1.82) is 0 Å². The molecule has 17 nitrogen and oxygen atoms in total. The highest BCUT2D eigenvalue weighted by molar-refractivity contribution is 6.39. The number of hydrogen-bond donors (Lipinski definition) is 2. The molecule has 1 aliphatic carbocycles. The van der Waals surface area contributed by atoms with Gasteiger partial charge >= 0.3 is 5.97 Å². The topological polar surface area (TPSA) is 219 Å². The van der Waals surface area contributed by atoms with E-state index >= 15 is 0 Å². The Balaban J connectivity index is 1.46. The summed E-state index contributed by atoms with van der Waals surface area (Å²) in [4.78, 5) is 72.3. The molecular weight excluding hydrogens is 887 g/mol. The average molecular weight is 966 g/mol. The van der Waals surface area contributed by atoms with Crippen molar-refractivity contribution < 1.29 is 57.9 Å². The molecule has 2 N–H and O–H groups in total. The molecule has 1 aromatic rings. The van der Waals surface area contributed by atoms with Crippen LogP contribution in [0, 0.1) is 35.5 Å². The predicted molar refractivity (Wildman–Crippen MR) is 256 cm³/mol. The second-order valence-electron chi connectivity index (χ2n) is 20.4. The number of tetrazole rings is 1. The van der Waals surface area contributed by atoms with Gasteiger partial charge in [0.2, 0.25) is 5.79 Å². The predicted octanol–water partition coefficient (Wildman–Crippen LogP) is 6.05. The van der Waals surface area contributed by atoms with Gasteiger partial charge in [0.1, 0.15) is 36.5 Å². The van der Waals surface area contributed by atoms with Gasteiger partial charge in [0.05, 0.1) is 24.4 Å². The molecule has 17 heteroatoms. The van der Waals surface area contributed by atoms with E-state index in [1.54, 1.807) is 52.1 Å². The smallest absolute Gasteiger partial charge is 0.329 e. The van der Waals surface area contributed by atoms with Crippen LogP contribution in [0.3, 0.4) is 0 Å². The fourth-order valence-electron chi connectivity index (χ4n) is 10.7. The van der Waals surface area contributed by atoms with Gasteiger partial charge in [0.25, 0.3) is 11.7 Å². The Labute approximate surface area is 408 Å². The molecule has 1 aromatic heterocycles. The van der Waals surface area contributed by atoms with Gasteiger partial charge in [-0.15, -0.1) is 5.10 Å². The first kappa shape index (κ1) is 55.7. The molecule has 0 unspecified atom stereocenters. The molecule has 15 atom stereocenters. The van der Waals surface area contributed by atoms with Crippen LogP contribution in [0.15, 0.2) is 53.9 Å². The monoisotopic (exact) mass is 966 g/mol. The van der Waals surface area contributed by atoms with Gasteiger partial charge in [0.15, 0.2) is 5.78 Å². The summed E-state index contributed by atoms with van der Waals surface area (Å²) in [5.74, 6) is -7.92. The zero-order valence-electron chi connectivity index (χ0n) is 42.5. The standard InChI is InChI=1S/C52H79N5O12/c1-31-16-12-11-13-17-32(2)43(65-8)28-39-21-19-37(7)52(64,69-39)49(61)50(62)56-23-15-14-18-41(56)51(63)68-44(34(4)26-38-20-22-40(45(27-38)66-9)57-30-53-54-55-57)29-42(58)33(3)25-36(6)47(60)48(67-10)46(59)35(5)24-31/h11-13,16-17,25,30-31,33-35,37-41,43-45,47-48,60,64H,14-15,18-24,26-29H2,1-10H3/t31-,33+,34+,35-,37-,38-,39+,40-,41+,43+,44-,45+,47-,48+,52+/m0/s1. The fraction of sp³-hybridized carbons (Fsp3) is 0.731. The fourth-order valence-corrected chi connectivity index (χ4v) is 10.7. The van der Waals surface area contributed by atoms with E-state index in [0.717, 1.165) is 18.4 Å². The lowest BCUT2D eigenvalue weighted by Gasteiger charge is -2.42. The van der Waals surface area contributed by atoms with Gasteiger partial charge < -0.3 is 38.8 Å². The zero-order valence-corrected chi connectivity index (χ0v) is 42.5. The third-order valence-electron chi connectivity index (χ3n) is 15.2. The summed E-state index contributed by atoms with van der Waals surface area (Å²) in [6.45, 7) is 12.8. The van der Waals surface area contributed by atoms with Crippen LogP contribution in [0.5, 0.6) is 0 Å². The Morgan fingerprint density at radius 2 is 1.64 bits per heavy atom. The van der Waals surface area contributed by atoms with E-state index in [9.17, 15) is 34.2 Å². The molecule has 0 aromatic carbocycles. The summed E-state index contributed by atoms with van der Waals surface area (Å²) < 4.78 is 31.6. The third-order valence-corrected chi connectivity index (χ3v) is 15.2. The number of fused-ring (bicyclic) bond motifs is 3. The normalized spacial score (nSPS) is 36.3. The largest absolute Gasteiger partial charge is 0.460 e. The highest BCUT2D eigenvalue weighted by Crippen LogP contribution is 2.39. The number of carbonyl (C=O) groups is 5. The van der Waals surface area contributed by atoms with Crippen LogP contribution < -0.4 is 0 Å². The first-order valence-corrected chi connectivity index (χ1v) is 25.0. The van der Waals surface area contributed by atoms with Crippen molar-refractivity contribution in [3.8, 4) is 0 Å². The average Bonchev–Trinajstić information content (AvgIpc) is 3.88. The number of amides is 1. The summed E-state index contributed by atoms with van der Waals surface area (Å²) in [6.07, 6.45) is 13.9. The molecule has 4 aliphatic rings. The molecule has 2 saturated heterocycles. The zero-order chi connectivity index (χ0) is 50.6. The Hall–Kier alpha value is -4.26. The quantitative estimate of drug-likeness (QED) is 0.181.